The third-order valence-electron chi connectivity index (χ3n) is 4.99. The predicted octanol–water partition coefficient (Wildman–Crippen LogP) is 2.56. The molecule has 0 radical (unpaired) electrons. The fraction of sp³-hybridized carbons (Fsp3) is 0.300. The average Bonchev–Trinajstić information content (AvgIpc) is 3.19. The molecule has 0 aromatic heterocycles. The number of rotatable bonds is 4. The number of anilines is 1. The van der Waals surface area contributed by atoms with E-state index in [-0.39, 0.29) is 17.9 Å². The molecule has 2 saturated heterocycles. The van der Waals surface area contributed by atoms with E-state index in [4.69, 9.17) is 9.57 Å². The van der Waals surface area contributed by atoms with Crippen LogP contribution in [0, 0.1) is 5.92 Å². The Kier molecular flexibility index (Phi) is 4.12. The number of para-hydroxylation sites is 1. The molecule has 6 nitrogen and oxygen atoms in total. The predicted molar refractivity (Wildman–Crippen MR) is 95.4 cm³/mol. The maximum Gasteiger partial charge on any atom is 0.261 e. The number of hydroxylamine groups is 1. The van der Waals surface area contributed by atoms with Gasteiger partial charge in [-0.25, -0.2) is 5.06 Å². The van der Waals surface area contributed by atoms with E-state index in [1.807, 2.05) is 54.6 Å². The van der Waals surface area contributed by atoms with Gasteiger partial charge in [-0.1, -0.05) is 30.3 Å². The van der Waals surface area contributed by atoms with E-state index in [0.717, 1.165) is 17.0 Å². The number of amides is 2. The molecular weight excluding hydrogens is 332 g/mol. The Morgan fingerprint density at radius 2 is 1.69 bits per heavy atom. The van der Waals surface area contributed by atoms with E-state index in [9.17, 15) is 9.59 Å². The molecule has 0 aliphatic carbocycles. The van der Waals surface area contributed by atoms with E-state index in [0.29, 0.717) is 6.54 Å². The summed E-state index contributed by atoms with van der Waals surface area (Å²) >= 11 is 0. The molecule has 2 fully saturated rings. The van der Waals surface area contributed by atoms with Gasteiger partial charge in [-0.05, 0) is 36.8 Å². The van der Waals surface area contributed by atoms with E-state index in [1.165, 1.54) is 4.90 Å². The van der Waals surface area contributed by atoms with Crippen molar-refractivity contribution in [3.63, 3.8) is 0 Å². The number of ether oxygens (including phenoxy) is 1. The summed E-state index contributed by atoms with van der Waals surface area (Å²) in [6.07, 6.45) is -0.783. The van der Waals surface area contributed by atoms with E-state index in [1.54, 1.807) is 19.1 Å². The minimum absolute atomic E-state index is 0.179. The number of likely N-dealkylation sites (tertiary alicyclic amines) is 1. The molecule has 0 N–H and O–H groups in total. The molecule has 0 saturated carbocycles. The molecule has 0 spiro atoms. The van der Waals surface area contributed by atoms with Crippen molar-refractivity contribution >= 4 is 17.5 Å². The largest absolute Gasteiger partial charge is 0.497 e. The maximum absolute atomic E-state index is 12.9. The van der Waals surface area contributed by atoms with Crippen molar-refractivity contribution in [2.45, 2.75) is 19.1 Å². The smallest absolute Gasteiger partial charge is 0.261 e. The molecule has 2 aromatic rings. The highest BCUT2D eigenvalue weighted by molar-refractivity contribution is 6.07. The number of fused-ring (bicyclic) bond motifs is 1. The lowest BCUT2D eigenvalue weighted by Crippen LogP contribution is -2.37. The van der Waals surface area contributed by atoms with Gasteiger partial charge in [0.25, 0.3) is 5.91 Å². The molecule has 2 amide bonds. The van der Waals surface area contributed by atoms with Crippen molar-refractivity contribution < 1.29 is 19.2 Å². The maximum atomic E-state index is 12.9. The van der Waals surface area contributed by atoms with Crippen LogP contribution in [0.3, 0.4) is 0 Å². The van der Waals surface area contributed by atoms with Crippen LogP contribution in [0.4, 0.5) is 5.69 Å². The van der Waals surface area contributed by atoms with Crippen LogP contribution in [0.2, 0.25) is 0 Å². The number of carbonyl (C=O) groups excluding carboxylic acids is 2. The van der Waals surface area contributed by atoms with Gasteiger partial charge in [-0.3, -0.25) is 19.3 Å². The van der Waals surface area contributed by atoms with Crippen molar-refractivity contribution in [2.75, 3.05) is 18.7 Å². The van der Waals surface area contributed by atoms with Crippen LogP contribution in [0.5, 0.6) is 5.75 Å². The first-order valence-corrected chi connectivity index (χ1v) is 8.66. The number of carbonyl (C=O) groups is 2. The highest BCUT2D eigenvalue weighted by Gasteiger charge is 2.59. The summed E-state index contributed by atoms with van der Waals surface area (Å²) in [7, 11) is 1.61. The summed E-state index contributed by atoms with van der Waals surface area (Å²) in [5.74, 6) is -0.267. The number of methoxy groups -OCH3 is 1. The quantitative estimate of drug-likeness (QED) is 0.792. The molecule has 26 heavy (non-hydrogen) atoms. The lowest BCUT2D eigenvalue weighted by atomic mass is 9.90. The van der Waals surface area contributed by atoms with Crippen LogP contribution in [0.15, 0.2) is 54.6 Å². The van der Waals surface area contributed by atoms with Gasteiger partial charge < -0.3 is 4.74 Å². The Hall–Kier alpha value is -2.86. The number of nitrogens with zero attached hydrogens (tertiary/aromatic N) is 2. The first kappa shape index (κ1) is 16.6. The van der Waals surface area contributed by atoms with Crippen LogP contribution in [-0.2, 0) is 14.4 Å². The lowest BCUT2D eigenvalue weighted by molar-refractivity contribution is -0.142. The van der Waals surface area contributed by atoms with Crippen LogP contribution in [0.25, 0.3) is 0 Å². The molecule has 3 atom stereocenters. The highest BCUT2D eigenvalue weighted by Crippen LogP contribution is 2.46. The van der Waals surface area contributed by atoms with Crippen molar-refractivity contribution in [1.82, 2.24) is 4.90 Å². The minimum atomic E-state index is -0.783. The van der Waals surface area contributed by atoms with Crippen molar-refractivity contribution in [3.05, 3.63) is 60.2 Å². The standard InChI is InChI=1S/C20H20N2O4/c1-3-21-19(23)16-17(13-9-11-15(25-2)12-10-13)22(26-18(16)20(21)24)14-7-5-4-6-8-14/h4-12,16-18H,3H2,1-2H3/t16-,17-,18-/m1/s1. The summed E-state index contributed by atoms with van der Waals surface area (Å²) < 4.78 is 5.23. The molecule has 2 aromatic carbocycles. The molecule has 0 unspecified atom stereocenters. The Morgan fingerprint density at radius 3 is 2.31 bits per heavy atom. The number of hydrogen-bond acceptors (Lipinski definition) is 5. The Morgan fingerprint density at radius 1 is 1.00 bits per heavy atom. The zero-order valence-electron chi connectivity index (χ0n) is 14.7. The molecule has 6 heteroatoms. The number of likely N-dealkylation sites (N-methyl/N-ethyl adjacent to an activating group) is 1. The van der Waals surface area contributed by atoms with E-state index in [2.05, 4.69) is 0 Å². The molecule has 2 aliphatic rings. The first-order valence-electron chi connectivity index (χ1n) is 8.66. The first-order chi connectivity index (χ1) is 12.7. The van der Waals surface area contributed by atoms with Crippen molar-refractivity contribution in [2.24, 2.45) is 5.92 Å². The van der Waals surface area contributed by atoms with Gasteiger partial charge >= 0.3 is 0 Å². The van der Waals surface area contributed by atoms with Gasteiger partial charge in [-0.15, -0.1) is 0 Å². The molecular formula is C20H20N2O4. The third kappa shape index (κ3) is 2.45. The van der Waals surface area contributed by atoms with Gasteiger partial charge in [0.2, 0.25) is 5.91 Å². The average molecular weight is 352 g/mol. The second-order valence-electron chi connectivity index (χ2n) is 6.35. The number of imide groups is 1. The van der Waals surface area contributed by atoms with Crippen LogP contribution in [0.1, 0.15) is 18.5 Å². The second-order valence-corrected chi connectivity index (χ2v) is 6.35. The van der Waals surface area contributed by atoms with Gasteiger partial charge in [-0.2, -0.15) is 0 Å². The lowest BCUT2D eigenvalue weighted by Gasteiger charge is -2.28. The highest BCUT2D eigenvalue weighted by atomic mass is 16.7. The summed E-state index contributed by atoms with van der Waals surface area (Å²) in [6.45, 7) is 2.16. The normalized spacial score (nSPS) is 24.9. The van der Waals surface area contributed by atoms with Crippen molar-refractivity contribution in [3.8, 4) is 5.75 Å². The zero-order valence-corrected chi connectivity index (χ0v) is 14.7. The van der Waals surface area contributed by atoms with E-state index >= 15 is 0 Å². The SMILES string of the molecule is CCN1C(=O)[C@@H]2[C@@H](c3ccc(OC)cc3)N(c3ccccc3)O[C@H]2C1=O. The molecule has 2 heterocycles. The van der Waals surface area contributed by atoms with E-state index < -0.39 is 12.0 Å². The molecule has 0 bridgehead atoms. The minimum Gasteiger partial charge on any atom is -0.497 e. The van der Waals surface area contributed by atoms with Gasteiger partial charge in [0.1, 0.15) is 11.7 Å². The summed E-state index contributed by atoms with van der Waals surface area (Å²) in [5, 5.41) is 1.69. The summed E-state index contributed by atoms with van der Waals surface area (Å²) in [6, 6.07) is 16.7. The van der Waals surface area contributed by atoms with Crippen LogP contribution in [-0.4, -0.2) is 36.5 Å². The van der Waals surface area contributed by atoms with Gasteiger partial charge in [0.15, 0.2) is 6.10 Å². The fourth-order valence-corrected chi connectivity index (χ4v) is 3.72. The van der Waals surface area contributed by atoms with Crippen LogP contribution >= 0.6 is 0 Å². The topological polar surface area (TPSA) is 59.1 Å². The monoisotopic (exact) mass is 352 g/mol. The van der Waals surface area contributed by atoms with Gasteiger partial charge in [0, 0.05) is 6.54 Å². The number of hydrogen-bond donors (Lipinski definition) is 0. The summed E-state index contributed by atoms with van der Waals surface area (Å²) in [5.41, 5.74) is 1.72. The Balaban J connectivity index is 1.78. The van der Waals surface area contributed by atoms with Crippen LogP contribution < -0.4 is 9.80 Å². The second kappa shape index (κ2) is 6.46. The Bertz CT molecular complexity index is 821. The third-order valence-corrected chi connectivity index (χ3v) is 4.99. The zero-order chi connectivity index (χ0) is 18.3. The summed E-state index contributed by atoms with van der Waals surface area (Å²) in [4.78, 5) is 32.8. The van der Waals surface area contributed by atoms with Crippen molar-refractivity contribution in [1.29, 1.82) is 0 Å². The molecule has 4 rings (SSSR count). The van der Waals surface area contributed by atoms with Gasteiger partial charge in [0.05, 0.1) is 18.8 Å². The fourth-order valence-electron chi connectivity index (χ4n) is 3.72. The Labute approximate surface area is 151 Å². The molecule has 2 aliphatic heterocycles. The molecule has 134 valence electrons. The number of benzene rings is 2.